The van der Waals surface area contributed by atoms with Crippen molar-refractivity contribution in [2.75, 3.05) is 5.43 Å². The van der Waals surface area contributed by atoms with E-state index in [0.717, 1.165) is 15.6 Å². The summed E-state index contributed by atoms with van der Waals surface area (Å²) in [6.07, 6.45) is 1.81. The maximum absolute atomic E-state index is 5.78. The highest BCUT2D eigenvalue weighted by Crippen LogP contribution is 2.14. The van der Waals surface area contributed by atoms with E-state index in [-0.39, 0.29) is 0 Å². The van der Waals surface area contributed by atoms with Gasteiger partial charge in [-0.3, -0.25) is 5.43 Å². The molecule has 0 amide bonds. The minimum atomic E-state index is 0.725. The molecule has 2 rings (SSSR count). The van der Waals surface area contributed by atoms with Crippen LogP contribution in [0.5, 0.6) is 0 Å². The van der Waals surface area contributed by atoms with Gasteiger partial charge >= 0.3 is 0 Å². The molecule has 82 valence electrons. The van der Waals surface area contributed by atoms with Crippen molar-refractivity contribution in [3.05, 3.63) is 51.2 Å². The largest absolute Gasteiger partial charge is 0.278 e. The van der Waals surface area contributed by atoms with Gasteiger partial charge in [0.2, 0.25) is 0 Å². The van der Waals surface area contributed by atoms with Crippen molar-refractivity contribution in [3.8, 4) is 0 Å². The fraction of sp³-hybridized carbons (Fsp3) is 0.0833. The Morgan fingerprint density at radius 2 is 1.94 bits per heavy atom. The van der Waals surface area contributed by atoms with Crippen LogP contribution in [0.2, 0.25) is 5.02 Å². The maximum Gasteiger partial charge on any atom is 0.0644 e. The van der Waals surface area contributed by atoms with Crippen molar-refractivity contribution in [3.63, 3.8) is 0 Å². The van der Waals surface area contributed by atoms with Gasteiger partial charge in [0.25, 0.3) is 0 Å². The fourth-order valence-corrected chi connectivity index (χ4v) is 2.09. The molecule has 0 aliphatic heterocycles. The topological polar surface area (TPSA) is 24.4 Å². The quantitative estimate of drug-likeness (QED) is 0.642. The van der Waals surface area contributed by atoms with Crippen LogP contribution in [-0.4, -0.2) is 6.21 Å². The second-order valence-corrected chi connectivity index (χ2v) is 5.08. The number of hydrazone groups is 1. The Balaban J connectivity index is 1.97. The molecule has 0 atom stereocenters. The zero-order valence-electron chi connectivity index (χ0n) is 8.77. The minimum absolute atomic E-state index is 0.725. The predicted octanol–water partition coefficient (Wildman–Crippen LogP) is 4.16. The summed E-state index contributed by atoms with van der Waals surface area (Å²) in [5.41, 5.74) is 3.87. The van der Waals surface area contributed by atoms with Gasteiger partial charge in [-0.1, -0.05) is 11.6 Å². The lowest BCUT2D eigenvalue weighted by Gasteiger charge is -1.98. The lowest BCUT2D eigenvalue weighted by Crippen LogP contribution is -1.88. The van der Waals surface area contributed by atoms with Gasteiger partial charge in [0, 0.05) is 14.8 Å². The van der Waals surface area contributed by atoms with Crippen LogP contribution in [0.15, 0.2) is 41.5 Å². The first-order valence-corrected chi connectivity index (χ1v) is 6.04. The molecule has 2 aromatic rings. The van der Waals surface area contributed by atoms with E-state index in [0.29, 0.717) is 0 Å². The first-order chi connectivity index (χ1) is 7.74. The zero-order chi connectivity index (χ0) is 11.4. The van der Waals surface area contributed by atoms with Crippen LogP contribution in [0.1, 0.15) is 9.75 Å². The number of nitrogens with one attached hydrogen (secondary N) is 1. The number of benzene rings is 1. The zero-order valence-corrected chi connectivity index (χ0v) is 10.3. The van der Waals surface area contributed by atoms with Crippen LogP contribution in [0.4, 0.5) is 5.69 Å². The van der Waals surface area contributed by atoms with E-state index in [1.807, 2.05) is 36.5 Å². The Bertz CT molecular complexity index is 488. The van der Waals surface area contributed by atoms with Gasteiger partial charge in [-0.15, -0.1) is 11.3 Å². The van der Waals surface area contributed by atoms with E-state index in [4.69, 9.17) is 11.6 Å². The van der Waals surface area contributed by atoms with Gasteiger partial charge < -0.3 is 0 Å². The molecule has 0 unspecified atom stereocenters. The van der Waals surface area contributed by atoms with Gasteiger partial charge in [-0.05, 0) is 43.3 Å². The van der Waals surface area contributed by atoms with Gasteiger partial charge in [0.1, 0.15) is 0 Å². The summed E-state index contributed by atoms with van der Waals surface area (Å²) in [4.78, 5) is 2.42. The van der Waals surface area contributed by atoms with Crippen LogP contribution >= 0.6 is 22.9 Å². The summed E-state index contributed by atoms with van der Waals surface area (Å²) in [6, 6.07) is 11.6. The van der Waals surface area contributed by atoms with Crippen LogP contribution in [0.25, 0.3) is 0 Å². The number of anilines is 1. The SMILES string of the molecule is Cc1ccc(/C=N/Nc2ccc(Cl)cc2)s1. The molecule has 1 heterocycles. The first kappa shape index (κ1) is 11.2. The summed E-state index contributed by atoms with van der Waals surface area (Å²) < 4.78 is 0. The molecule has 1 N–H and O–H groups in total. The molecule has 0 saturated carbocycles. The molecule has 4 heteroatoms. The van der Waals surface area contributed by atoms with E-state index in [1.165, 1.54) is 4.88 Å². The van der Waals surface area contributed by atoms with E-state index < -0.39 is 0 Å². The summed E-state index contributed by atoms with van der Waals surface area (Å²) >= 11 is 7.49. The lowest BCUT2D eigenvalue weighted by molar-refractivity contribution is 1.35. The fourth-order valence-electron chi connectivity index (χ4n) is 1.22. The molecule has 0 radical (unpaired) electrons. The third kappa shape index (κ3) is 3.08. The van der Waals surface area contributed by atoms with Crippen molar-refractivity contribution < 1.29 is 0 Å². The molecule has 1 aromatic heterocycles. The molecule has 16 heavy (non-hydrogen) atoms. The molecule has 0 saturated heterocycles. The van der Waals surface area contributed by atoms with Crippen molar-refractivity contribution >= 4 is 34.8 Å². The number of halogens is 1. The predicted molar refractivity (Wildman–Crippen MR) is 71.7 cm³/mol. The van der Waals surface area contributed by atoms with Crippen molar-refractivity contribution in [2.24, 2.45) is 5.10 Å². The highest BCUT2D eigenvalue weighted by Gasteiger charge is 1.92. The lowest BCUT2D eigenvalue weighted by atomic mass is 10.3. The van der Waals surface area contributed by atoms with Gasteiger partial charge in [-0.25, -0.2) is 0 Å². The van der Waals surface area contributed by atoms with Crippen LogP contribution in [-0.2, 0) is 0 Å². The normalized spacial score (nSPS) is 10.9. The van der Waals surface area contributed by atoms with E-state index in [1.54, 1.807) is 11.3 Å². The van der Waals surface area contributed by atoms with Crippen molar-refractivity contribution in [1.29, 1.82) is 0 Å². The van der Waals surface area contributed by atoms with Gasteiger partial charge in [-0.2, -0.15) is 5.10 Å². The second kappa shape index (κ2) is 5.14. The van der Waals surface area contributed by atoms with Crippen LogP contribution in [0.3, 0.4) is 0 Å². The number of aryl methyl sites for hydroxylation is 1. The van der Waals surface area contributed by atoms with Crippen molar-refractivity contribution in [2.45, 2.75) is 6.92 Å². The number of hydrogen-bond donors (Lipinski definition) is 1. The molecule has 0 fully saturated rings. The Labute approximate surface area is 104 Å². The summed E-state index contributed by atoms with van der Waals surface area (Å²) in [6.45, 7) is 2.08. The maximum atomic E-state index is 5.78. The van der Waals surface area contributed by atoms with Crippen LogP contribution in [0, 0.1) is 6.92 Å². The smallest absolute Gasteiger partial charge is 0.0644 e. The molecular weight excluding hydrogens is 240 g/mol. The summed E-state index contributed by atoms with van der Waals surface area (Å²) in [5, 5.41) is 4.87. The van der Waals surface area contributed by atoms with Gasteiger partial charge in [0.05, 0.1) is 11.9 Å². The minimum Gasteiger partial charge on any atom is -0.278 e. The van der Waals surface area contributed by atoms with Gasteiger partial charge in [0.15, 0.2) is 0 Å². The Hall–Kier alpha value is -1.32. The Kier molecular flexibility index (Phi) is 3.59. The molecule has 0 aliphatic rings. The van der Waals surface area contributed by atoms with E-state index in [2.05, 4.69) is 23.5 Å². The van der Waals surface area contributed by atoms with Crippen LogP contribution < -0.4 is 5.43 Å². The Morgan fingerprint density at radius 1 is 1.19 bits per heavy atom. The number of hydrogen-bond acceptors (Lipinski definition) is 3. The highest BCUT2D eigenvalue weighted by atomic mass is 35.5. The number of rotatable bonds is 3. The first-order valence-electron chi connectivity index (χ1n) is 4.85. The molecule has 0 spiro atoms. The standard InChI is InChI=1S/C12H11ClN2S/c1-9-2-7-12(16-9)8-14-15-11-5-3-10(13)4-6-11/h2-8,15H,1H3/b14-8+. The molecule has 0 aliphatic carbocycles. The third-order valence-electron chi connectivity index (χ3n) is 1.99. The average molecular weight is 251 g/mol. The molecule has 0 bridgehead atoms. The van der Waals surface area contributed by atoms with E-state index >= 15 is 0 Å². The summed E-state index contributed by atoms with van der Waals surface area (Å²) in [5.74, 6) is 0. The second-order valence-electron chi connectivity index (χ2n) is 3.33. The average Bonchev–Trinajstić information content (AvgIpc) is 2.67. The number of nitrogens with zero attached hydrogens (tertiary/aromatic N) is 1. The highest BCUT2D eigenvalue weighted by molar-refractivity contribution is 7.13. The molecule has 2 nitrogen and oxygen atoms in total. The number of thiophene rings is 1. The Morgan fingerprint density at radius 3 is 2.56 bits per heavy atom. The molecular formula is C12H11ClN2S. The summed E-state index contributed by atoms with van der Waals surface area (Å²) in [7, 11) is 0. The monoisotopic (exact) mass is 250 g/mol. The molecule has 1 aromatic carbocycles. The third-order valence-corrected chi connectivity index (χ3v) is 3.18. The van der Waals surface area contributed by atoms with E-state index in [9.17, 15) is 0 Å². The van der Waals surface area contributed by atoms with Crippen molar-refractivity contribution in [1.82, 2.24) is 0 Å².